The molecule has 0 saturated carbocycles. The quantitative estimate of drug-likeness (QED) is 0.679. The molecule has 140 valence electrons. The van der Waals surface area contributed by atoms with Gasteiger partial charge in [0, 0.05) is 17.6 Å². The fraction of sp³-hybridized carbons (Fsp3) is 0.105. The third-order valence-electron chi connectivity index (χ3n) is 3.95. The number of hydrogen-bond donors (Lipinski definition) is 1. The summed E-state index contributed by atoms with van der Waals surface area (Å²) in [5, 5.41) is 3.18. The summed E-state index contributed by atoms with van der Waals surface area (Å²) in [6.45, 7) is 0.245. The molecule has 0 bridgehead atoms. The first kappa shape index (κ1) is 19.0. The van der Waals surface area contributed by atoms with Gasteiger partial charge < -0.3 is 9.73 Å². The number of hydrogen-bond acceptors (Lipinski definition) is 4. The fourth-order valence-electron chi connectivity index (χ4n) is 2.43. The van der Waals surface area contributed by atoms with Crippen LogP contribution in [0.15, 0.2) is 76.2 Å². The van der Waals surface area contributed by atoms with Crippen molar-refractivity contribution in [2.24, 2.45) is 0 Å². The minimum Gasteiger partial charge on any atom is -0.467 e. The van der Waals surface area contributed by atoms with Crippen molar-refractivity contribution in [3.05, 3.63) is 83.3 Å². The number of carbonyl (C=O) groups excluding carboxylic acids is 1. The zero-order chi connectivity index (χ0) is 19.4. The van der Waals surface area contributed by atoms with Crippen LogP contribution in [0.4, 0.5) is 5.69 Å². The molecule has 2 aromatic carbocycles. The van der Waals surface area contributed by atoms with E-state index in [0.717, 1.165) is 4.31 Å². The molecule has 3 aromatic rings. The molecule has 0 atom stereocenters. The molecule has 3 rings (SSSR count). The lowest BCUT2D eigenvalue weighted by atomic mass is 10.2. The van der Waals surface area contributed by atoms with Gasteiger partial charge in [-0.1, -0.05) is 17.7 Å². The number of anilines is 1. The van der Waals surface area contributed by atoms with Crippen molar-refractivity contribution >= 4 is 33.2 Å². The van der Waals surface area contributed by atoms with Crippen LogP contribution in [0, 0.1) is 0 Å². The van der Waals surface area contributed by atoms with Crippen LogP contribution in [-0.4, -0.2) is 21.4 Å². The second-order valence-corrected chi connectivity index (χ2v) is 8.14. The smallest absolute Gasteiger partial charge is 0.264 e. The molecule has 6 nitrogen and oxygen atoms in total. The molecule has 0 aliphatic heterocycles. The Morgan fingerprint density at radius 3 is 2.52 bits per heavy atom. The van der Waals surface area contributed by atoms with E-state index in [4.69, 9.17) is 16.0 Å². The number of benzene rings is 2. The first-order valence-corrected chi connectivity index (χ1v) is 9.85. The Morgan fingerprint density at radius 2 is 1.85 bits per heavy atom. The molecule has 0 aliphatic carbocycles. The summed E-state index contributed by atoms with van der Waals surface area (Å²) >= 11 is 5.82. The molecular formula is C19H17ClN2O4S. The molecule has 1 amide bonds. The molecule has 0 unspecified atom stereocenters. The predicted octanol–water partition coefficient (Wildman–Crippen LogP) is 3.69. The highest BCUT2D eigenvalue weighted by Gasteiger charge is 2.22. The monoisotopic (exact) mass is 404 g/mol. The molecule has 27 heavy (non-hydrogen) atoms. The van der Waals surface area contributed by atoms with E-state index >= 15 is 0 Å². The van der Waals surface area contributed by atoms with Gasteiger partial charge in [0.2, 0.25) is 0 Å². The summed E-state index contributed by atoms with van der Waals surface area (Å²) in [5.41, 5.74) is 0.716. The Balaban J connectivity index is 1.79. The Bertz CT molecular complexity index is 1030. The summed E-state index contributed by atoms with van der Waals surface area (Å²) in [6, 6.07) is 15.8. The summed E-state index contributed by atoms with van der Waals surface area (Å²) in [7, 11) is -2.34. The molecule has 0 radical (unpaired) electrons. The zero-order valence-electron chi connectivity index (χ0n) is 14.4. The lowest BCUT2D eigenvalue weighted by Crippen LogP contribution is -2.27. The van der Waals surface area contributed by atoms with Crippen LogP contribution in [0.25, 0.3) is 0 Å². The van der Waals surface area contributed by atoms with Gasteiger partial charge >= 0.3 is 0 Å². The number of rotatable bonds is 6. The highest BCUT2D eigenvalue weighted by molar-refractivity contribution is 7.92. The van der Waals surface area contributed by atoms with E-state index in [1.54, 1.807) is 30.3 Å². The van der Waals surface area contributed by atoms with Gasteiger partial charge in [-0.25, -0.2) is 8.42 Å². The Morgan fingerprint density at radius 1 is 1.11 bits per heavy atom. The summed E-state index contributed by atoms with van der Waals surface area (Å²) < 4.78 is 31.8. The van der Waals surface area contributed by atoms with Gasteiger partial charge in [-0.2, -0.15) is 0 Å². The lowest BCUT2D eigenvalue weighted by Gasteiger charge is -2.20. The number of carbonyl (C=O) groups is 1. The Labute approximate surface area is 162 Å². The van der Waals surface area contributed by atoms with E-state index in [9.17, 15) is 13.2 Å². The van der Waals surface area contributed by atoms with Gasteiger partial charge in [0.1, 0.15) is 5.76 Å². The van der Waals surface area contributed by atoms with Gasteiger partial charge in [-0.05, 0) is 54.6 Å². The molecule has 0 aliphatic rings. The van der Waals surface area contributed by atoms with Crippen LogP contribution in [0.2, 0.25) is 5.02 Å². The molecular weight excluding hydrogens is 388 g/mol. The average molecular weight is 405 g/mol. The Hall–Kier alpha value is -2.77. The molecule has 0 saturated heterocycles. The lowest BCUT2D eigenvalue weighted by molar-refractivity contribution is 0.0948. The van der Waals surface area contributed by atoms with E-state index in [1.807, 2.05) is 0 Å². The maximum Gasteiger partial charge on any atom is 0.264 e. The van der Waals surface area contributed by atoms with Crippen molar-refractivity contribution in [1.29, 1.82) is 0 Å². The van der Waals surface area contributed by atoms with Gasteiger partial charge in [-0.15, -0.1) is 0 Å². The molecule has 1 aromatic heterocycles. The standard InChI is InChI=1S/C19H17ClN2O4S/c1-22(27(24,25)18-9-7-15(20)8-10-18)16-5-2-4-14(12-16)19(23)21-13-17-6-3-11-26-17/h2-12H,13H2,1H3,(H,21,23). The highest BCUT2D eigenvalue weighted by Crippen LogP contribution is 2.24. The second kappa shape index (κ2) is 7.85. The van der Waals surface area contributed by atoms with E-state index in [0.29, 0.717) is 22.0 Å². The number of furan rings is 1. The summed E-state index contributed by atoms with van der Waals surface area (Å²) in [4.78, 5) is 12.4. The van der Waals surface area contributed by atoms with Crippen LogP contribution in [0.5, 0.6) is 0 Å². The predicted molar refractivity (Wildman–Crippen MR) is 103 cm³/mol. The van der Waals surface area contributed by atoms with E-state index in [2.05, 4.69) is 5.32 Å². The van der Waals surface area contributed by atoms with Crippen molar-refractivity contribution < 1.29 is 17.6 Å². The molecule has 0 spiro atoms. The first-order chi connectivity index (χ1) is 12.9. The SMILES string of the molecule is CN(c1cccc(C(=O)NCc2ccco2)c1)S(=O)(=O)c1ccc(Cl)cc1. The second-order valence-electron chi connectivity index (χ2n) is 5.74. The topological polar surface area (TPSA) is 79.6 Å². The van der Waals surface area contributed by atoms with Crippen LogP contribution in [0.1, 0.15) is 16.1 Å². The molecule has 0 fully saturated rings. The Kier molecular flexibility index (Phi) is 5.53. The van der Waals surface area contributed by atoms with Crippen LogP contribution >= 0.6 is 11.6 Å². The van der Waals surface area contributed by atoms with Crippen molar-refractivity contribution in [1.82, 2.24) is 5.32 Å². The maximum absolute atomic E-state index is 12.8. The fourth-order valence-corrected chi connectivity index (χ4v) is 3.74. The largest absolute Gasteiger partial charge is 0.467 e. The first-order valence-electron chi connectivity index (χ1n) is 8.03. The van der Waals surface area contributed by atoms with Crippen LogP contribution in [-0.2, 0) is 16.6 Å². The minimum atomic E-state index is -3.77. The van der Waals surface area contributed by atoms with Crippen LogP contribution < -0.4 is 9.62 Å². The average Bonchev–Trinajstić information content (AvgIpc) is 3.19. The van der Waals surface area contributed by atoms with Gasteiger partial charge in [0.05, 0.1) is 23.4 Å². The third-order valence-corrected chi connectivity index (χ3v) is 6.00. The number of sulfonamides is 1. The zero-order valence-corrected chi connectivity index (χ0v) is 16.0. The number of nitrogens with one attached hydrogen (secondary N) is 1. The van der Waals surface area contributed by atoms with Gasteiger partial charge in [0.15, 0.2) is 0 Å². The number of halogens is 1. The normalized spacial score (nSPS) is 11.2. The van der Waals surface area contributed by atoms with Crippen molar-refractivity contribution in [3.63, 3.8) is 0 Å². The molecule has 8 heteroatoms. The van der Waals surface area contributed by atoms with Crippen molar-refractivity contribution in [3.8, 4) is 0 Å². The third kappa shape index (κ3) is 4.32. The van der Waals surface area contributed by atoms with Crippen molar-refractivity contribution in [2.45, 2.75) is 11.4 Å². The number of amides is 1. The van der Waals surface area contributed by atoms with E-state index < -0.39 is 10.0 Å². The van der Waals surface area contributed by atoms with Crippen molar-refractivity contribution in [2.75, 3.05) is 11.4 Å². The minimum absolute atomic E-state index is 0.113. The van der Waals surface area contributed by atoms with Gasteiger partial charge in [-0.3, -0.25) is 9.10 Å². The maximum atomic E-state index is 12.8. The molecule has 1 heterocycles. The highest BCUT2D eigenvalue weighted by atomic mass is 35.5. The molecule has 1 N–H and O–H groups in total. The van der Waals surface area contributed by atoms with Crippen LogP contribution in [0.3, 0.4) is 0 Å². The number of nitrogens with zero attached hydrogens (tertiary/aromatic N) is 1. The summed E-state index contributed by atoms with van der Waals surface area (Å²) in [5.74, 6) is 0.299. The van der Waals surface area contributed by atoms with E-state index in [1.165, 1.54) is 43.6 Å². The summed E-state index contributed by atoms with van der Waals surface area (Å²) in [6.07, 6.45) is 1.53. The van der Waals surface area contributed by atoms with E-state index in [-0.39, 0.29) is 17.3 Å². The van der Waals surface area contributed by atoms with Gasteiger partial charge in [0.25, 0.3) is 15.9 Å².